The van der Waals surface area contributed by atoms with Crippen LogP contribution in [-0.4, -0.2) is 34.9 Å². The summed E-state index contributed by atoms with van der Waals surface area (Å²) in [5.41, 5.74) is 0. The topological polar surface area (TPSA) is 83.8 Å². The summed E-state index contributed by atoms with van der Waals surface area (Å²) >= 11 is 0. The summed E-state index contributed by atoms with van der Waals surface area (Å²) in [6.07, 6.45) is -0.948. The van der Waals surface area contributed by atoms with Crippen LogP contribution in [0.15, 0.2) is 0 Å². The molecule has 0 bridgehead atoms. The van der Waals surface area contributed by atoms with Gasteiger partial charge < -0.3 is 14.9 Å². The first kappa shape index (κ1) is 9.90. The van der Waals surface area contributed by atoms with Crippen LogP contribution in [0.2, 0.25) is 0 Å². The number of ether oxygens (including phenoxy) is 1. The van der Waals surface area contributed by atoms with E-state index in [9.17, 15) is 9.59 Å². The average Bonchev–Trinajstić information content (AvgIpc) is 1.99. The molecule has 5 nitrogen and oxygen atoms in total. The lowest BCUT2D eigenvalue weighted by Crippen LogP contribution is -2.27. The highest BCUT2D eigenvalue weighted by molar-refractivity contribution is 5.78. The minimum absolute atomic E-state index is 0.196. The van der Waals surface area contributed by atoms with E-state index in [0.717, 1.165) is 0 Å². The molecule has 0 aromatic heterocycles. The first-order chi connectivity index (χ1) is 5.11. The highest BCUT2D eigenvalue weighted by Crippen LogP contribution is 1.97. The van der Waals surface area contributed by atoms with Crippen molar-refractivity contribution in [2.24, 2.45) is 0 Å². The number of aliphatic hydroxyl groups is 1. The van der Waals surface area contributed by atoms with Crippen LogP contribution < -0.4 is 0 Å². The maximum atomic E-state index is 10.4. The molecule has 0 amide bonds. The number of carbonyl (C=O) groups excluding carboxylic acids is 1. The number of esters is 1. The van der Waals surface area contributed by atoms with Gasteiger partial charge in [0.2, 0.25) is 0 Å². The number of aliphatic carboxylic acids is 1. The quantitative estimate of drug-likeness (QED) is 0.538. The Labute approximate surface area is 63.6 Å². The molecule has 1 unspecified atom stereocenters. The molecule has 0 aromatic rings. The molecule has 2 N–H and O–H groups in total. The first-order valence-corrected chi connectivity index (χ1v) is 3.15. The number of aliphatic hydroxyl groups excluding tert-OH is 1. The lowest BCUT2D eigenvalue weighted by atomic mass is 10.3. The van der Waals surface area contributed by atoms with E-state index in [1.165, 1.54) is 0 Å². The molecule has 0 heterocycles. The maximum Gasteiger partial charge on any atom is 0.345 e. The van der Waals surface area contributed by atoms with Crippen LogP contribution in [0.4, 0.5) is 0 Å². The summed E-state index contributed by atoms with van der Waals surface area (Å²) < 4.78 is 4.32. The first-order valence-electron chi connectivity index (χ1n) is 3.15. The lowest BCUT2D eigenvalue weighted by molar-refractivity contribution is -0.166. The Morgan fingerprint density at radius 3 is 2.36 bits per heavy atom. The van der Waals surface area contributed by atoms with Crippen LogP contribution in [0.1, 0.15) is 13.3 Å². The molecule has 0 aliphatic carbocycles. The Hall–Kier alpha value is -1.10. The van der Waals surface area contributed by atoms with Crippen molar-refractivity contribution in [1.29, 1.82) is 0 Å². The molecular weight excluding hydrogens is 152 g/mol. The molecular formula is C6H10O5. The van der Waals surface area contributed by atoms with Crippen LogP contribution in [0.25, 0.3) is 0 Å². The average molecular weight is 162 g/mol. The molecule has 0 radical (unpaired) electrons. The molecule has 0 saturated carbocycles. The molecule has 0 aliphatic heterocycles. The summed E-state index contributed by atoms with van der Waals surface area (Å²) in [6, 6.07) is 0. The third-order valence-electron chi connectivity index (χ3n) is 1.05. The van der Waals surface area contributed by atoms with Crippen molar-refractivity contribution in [1.82, 2.24) is 0 Å². The van der Waals surface area contributed by atoms with Gasteiger partial charge in [0.25, 0.3) is 0 Å². The second kappa shape index (κ2) is 4.68. The van der Waals surface area contributed by atoms with Gasteiger partial charge in [-0.2, -0.15) is 0 Å². The minimum atomic E-state index is -1.20. The van der Waals surface area contributed by atoms with Crippen LogP contribution in [0, 0.1) is 0 Å². The zero-order valence-electron chi connectivity index (χ0n) is 6.11. The van der Waals surface area contributed by atoms with Gasteiger partial charge in [-0.3, -0.25) is 0 Å². The Balaban J connectivity index is 3.88. The smallest absolute Gasteiger partial charge is 0.345 e. The van der Waals surface area contributed by atoms with Crippen molar-refractivity contribution in [2.45, 2.75) is 19.4 Å². The fourth-order valence-corrected chi connectivity index (χ4v) is 0.504. The number of carboxylic acids is 1. The molecule has 5 heteroatoms. The van der Waals surface area contributed by atoms with E-state index in [1.54, 1.807) is 6.92 Å². The summed E-state index contributed by atoms with van der Waals surface area (Å²) in [7, 11) is 0. The van der Waals surface area contributed by atoms with Crippen LogP contribution in [0.5, 0.6) is 0 Å². The fourth-order valence-electron chi connectivity index (χ4n) is 0.504. The number of hydrogen-bond donors (Lipinski definition) is 2. The number of hydrogen-bond acceptors (Lipinski definition) is 4. The Bertz CT molecular complexity index is 153. The van der Waals surface area contributed by atoms with Gasteiger partial charge in [0, 0.05) is 0 Å². The van der Waals surface area contributed by atoms with Crippen LogP contribution in [-0.2, 0) is 14.3 Å². The van der Waals surface area contributed by atoms with E-state index in [4.69, 9.17) is 10.2 Å². The van der Waals surface area contributed by atoms with Gasteiger partial charge in [-0.15, -0.1) is 0 Å². The Morgan fingerprint density at radius 2 is 2.09 bits per heavy atom. The molecule has 0 saturated heterocycles. The number of carboxylic acid groups (broad SMARTS) is 1. The van der Waals surface area contributed by atoms with Gasteiger partial charge >= 0.3 is 11.9 Å². The molecule has 0 aliphatic rings. The number of carbonyl (C=O) groups is 2. The molecule has 64 valence electrons. The largest absolute Gasteiger partial charge is 0.479 e. The van der Waals surface area contributed by atoms with E-state index in [0.29, 0.717) is 0 Å². The normalized spacial score (nSPS) is 12.2. The zero-order valence-corrected chi connectivity index (χ0v) is 6.11. The maximum absolute atomic E-state index is 10.4. The van der Waals surface area contributed by atoms with Gasteiger partial charge in [0.05, 0.1) is 0 Å². The number of rotatable bonds is 4. The van der Waals surface area contributed by atoms with E-state index in [1.807, 2.05) is 0 Å². The lowest BCUT2D eigenvalue weighted by Gasteiger charge is -2.09. The van der Waals surface area contributed by atoms with Crippen molar-refractivity contribution in [3.8, 4) is 0 Å². The van der Waals surface area contributed by atoms with Crippen molar-refractivity contribution < 1.29 is 24.5 Å². The molecule has 1 atom stereocenters. The summed E-state index contributed by atoms with van der Waals surface area (Å²) in [5, 5.41) is 16.6. The Kier molecular flexibility index (Phi) is 4.21. The van der Waals surface area contributed by atoms with E-state index in [2.05, 4.69) is 4.74 Å². The van der Waals surface area contributed by atoms with Gasteiger partial charge in [-0.25, -0.2) is 9.59 Å². The molecule has 0 fully saturated rings. The summed E-state index contributed by atoms with van der Waals surface area (Å²) in [4.78, 5) is 20.6. The monoisotopic (exact) mass is 162 g/mol. The molecule has 0 spiro atoms. The van der Waals surface area contributed by atoms with E-state index in [-0.39, 0.29) is 6.42 Å². The van der Waals surface area contributed by atoms with E-state index >= 15 is 0 Å². The fraction of sp³-hybridized carbons (Fsp3) is 0.667. The van der Waals surface area contributed by atoms with Gasteiger partial charge in [0.15, 0.2) is 6.10 Å². The third kappa shape index (κ3) is 3.57. The SMILES string of the molecule is CCC(OC(=O)CO)C(=O)O. The standard InChI is InChI=1S/C6H10O5/c1-2-4(6(9)10)11-5(8)3-7/h4,7H,2-3H2,1H3,(H,9,10). The second-order valence-corrected chi connectivity index (χ2v) is 1.88. The van der Waals surface area contributed by atoms with Crippen molar-refractivity contribution in [3.63, 3.8) is 0 Å². The van der Waals surface area contributed by atoms with Crippen LogP contribution in [0.3, 0.4) is 0 Å². The molecule has 11 heavy (non-hydrogen) atoms. The minimum Gasteiger partial charge on any atom is -0.479 e. The van der Waals surface area contributed by atoms with Crippen molar-refractivity contribution in [2.75, 3.05) is 6.61 Å². The highest BCUT2D eigenvalue weighted by Gasteiger charge is 2.18. The third-order valence-corrected chi connectivity index (χ3v) is 1.05. The predicted molar refractivity (Wildman–Crippen MR) is 34.9 cm³/mol. The second-order valence-electron chi connectivity index (χ2n) is 1.88. The molecule has 0 rings (SSSR count). The van der Waals surface area contributed by atoms with Gasteiger partial charge in [-0.05, 0) is 6.42 Å². The summed E-state index contributed by atoms with van der Waals surface area (Å²) in [6.45, 7) is 0.785. The molecule has 0 aromatic carbocycles. The van der Waals surface area contributed by atoms with E-state index < -0.39 is 24.6 Å². The Morgan fingerprint density at radius 1 is 1.55 bits per heavy atom. The highest BCUT2D eigenvalue weighted by atomic mass is 16.6. The van der Waals surface area contributed by atoms with Gasteiger partial charge in [-0.1, -0.05) is 6.92 Å². The van der Waals surface area contributed by atoms with Crippen molar-refractivity contribution in [3.05, 3.63) is 0 Å². The zero-order chi connectivity index (χ0) is 8.85. The summed E-state index contributed by atoms with van der Waals surface area (Å²) in [5.74, 6) is -2.12. The van der Waals surface area contributed by atoms with Gasteiger partial charge in [0.1, 0.15) is 6.61 Å². The van der Waals surface area contributed by atoms with Crippen molar-refractivity contribution >= 4 is 11.9 Å². The van der Waals surface area contributed by atoms with Crippen LogP contribution >= 0.6 is 0 Å². The predicted octanol–water partition coefficient (Wildman–Crippen LogP) is -0.615.